The van der Waals surface area contributed by atoms with Crippen molar-refractivity contribution in [3.63, 3.8) is 0 Å². The summed E-state index contributed by atoms with van der Waals surface area (Å²) in [6.45, 7) is 2.81. The molecule has 0 unspecified atom stereocenters. The molecule has 2 atom stereocenters. The normalized spacial score (nSPS) is 23.4. The van der Waals surface area contributed by atoms with Crippen molar-refractivity contribution in [1.82, 2.24) is 20.1 Å². The number of phenolic OH excluding ortho intramolecular Hbond substituents is 1. The van der Waals surface area contributed by atoms with Gasteiger partial charge < -0.3 is 20.1 Å². The minimum atomic E-state index is -1.20. The van der Waals surface area contributed by atoms with E-state index >= 15 is 4.39 Å². The van der Waals surface area contributed by atoms with Crippen molar-refractivity contribution in [3.05, 3.63) is 59.0 Å². The number of carbonyl (C=O) groups excluding carboxylic acids is 2. The van der Waals surface area contributed by atoms with E-state index in [9.17, 15) is 14.7 Å². The van der Waals surface area contributed by atoms with Crippen molar-refractivity contribution in [2.45, 2.75) is 50.2 Å². The maximum atomic E-state index is 15.5. The highest BCUT2D eigenvalue weighted by atomic mass is 19.1. The molecule has 2 aliphatic heterocycles. The topological polar surface area (TPSA) is 97.9 Å². The molecule has 0 spiro atoms. The van der Waals surface area contributed by atoms with Gasteiger partial charge in [0.2, 0.25) is 0 Å². The lowest BCUT2D eigenvalue weighted by molar-refractivity contribution is -0.133. The monoisotopic (exact) mass is 492 g/mol. The van der Waals surface area contributed by atoms with E-state index in [2.05, 4.69) is 10.3 Å². The van der Waals surface area contributed by atoms with Crippen molar-refractivity contribution in [2.75, 3.05) is 20.2 Å². The van der Waals surface area contributed by atoms with Gasteiger partial charge in [-0.25, -0.2) is 9.18 Å². The van der Waals surface area contributed by atoms with Crippen LogP contribution in [0.4, 0.5) is 9.18 Å². The average Bonchev–Trinajstić information content (AvgIpc) is 3.58. The second-order valence-electron chi connectivity index (χ2n) is 10.2. The highest BCUT2D eigenvalue weighted by Gasteiger charge is 2.60. The fourth-order valence-corrected chi connectivity index (χ4v) is 5.78. The summed E-state index contributed by atoms with van der Waals surface area (Å²) < 4.78 is 20.7. The van der Waals surface area contributed by atoms with E-state index in [0.29, 0.717) is 46.7 Å². The molecular weight excluding hydrogens is 463 g/mol. The van der Waals surface area contributed by atoms with E-state index in [-0.39, 0.29) is 29.9 Å². The zero-order valence-corrected chi connectivity index (χ0v) is 20.3. The van der Waals surface area contributed by atoms with E-state index in [1.807, 2.05) is 6.07 Å². The molecular formula is C27H29FN4O4. The first-order valence-corrected chi connectivity index (χ1v) is 12.4. The number of fused-ring (bicyclic) bond motifs is 4. The third-order valence-electron chi connectivity index (χ3n) is 7.70. The molecule has 1 aliphatic carbocycles. The number of hydrogen-bond acceptors (Lipinski definition) is 5. The Kier molecular flexibility index (Phi) is 5.22. The molecule has 2 fully saturated rings. The van der Waals surface area contributed by atoms with E-state index in [0.717, 1.165) is 6.54 Å². The number of H-pyrrole nitrogens is 1. The van der Waals surface area contributed by atoms with Gasteiger partial charge in [0.1, 0.15) is 17.3 Å². The molecule has 0 radical (unpaired) electrons. The first kappa shape index (κ1) is 22.8. The number of amides is 3. The zero-order chi connectivity index (χ0) is 25.2. The molecule has 3 amide bonds. The van der Waals surface area contributed by atoms with Gasteiger partial charge in [-0.2, -0.15) is 0 Å². The molecule has 188 valence electrons. The number of aromatic amines is 1. The number of hydrogen-bond donors (Lipinski definition) is 3. The molecule has 9 heteroatoms. The Morgan fingerprint density at radius 3 is 2.78 bits per heavy atom. The smallest absolute Gasteiger partial charge is 0.328 e. The minimum Gasteiger partial charge on any atom is -0.508 e. The van der Waals surface area contributed by atoms with Gasteiger partial charge in [-0.1, -0.05) is 12.1 Å². The summed E-state index contributed by atoms with van der Waals surface area (Å²) in [5.74, 6) is -0.623. The number of methoxy groups -OCH3 is 1. The molecule has 3 aliphatic rings. The maximum Gasteiger partial charge on any atom is 0.328 e. The molecule has 1 saturated carbocycles. The summed E-state index contributed by atoms with van der Waals surface area (Å²) in [6, 6.07) is 9.43. The summed E-state index contributed by atoms with van der Waals surface area (Å²) in [7, 11) is 1.41. The molecule has 6 rings (SSSR count). The van der Waals surface area contributed by atoms with Crippen LogP contribution >= 0.6 is 0 Å². The van der Waals surface area contributed by atoms with E-state index in [1.54, 1.807) is 42.2 Å². The molecule has 2 aromatic carbocycles. The van der Waals surface area contributed by atoms with E-state index in [4.69, 9.17) is 4.74 Å². The molecule has 3 heterocycles. The van der Waals surface area contributed by atoms with Crippen LogP contribution in [0.1, 0.15) is 49.0 Å². The summed E-state index contributed by atoms with van der Waals surface area (Å²) in [5.41, 5.74) is 1.29. The molecule has 1 aromatic heterocycles. The van der Waals surface area contributed by atoms with Gasteiger partial charge >= 0.3 is 6.03 Å². The van der Waals surface area contributed by atoms with Crippen LogP contribution in [0, 0.1) is 5.82 Å². The highest BCUT2D eigenvalue weighted by molar-refractivity contribution is 6.08. The molecule has 8 nitrogen and oxygen atoms in total. The van der Waals surface area contributed by atoms with Crippen LogP contribution in [-0.4, -0.2) is 63.6 Å². The number of aromatic nitrogens is 1. The van der Waals surface area contributed by atoms with Crippen LogP contribution < -0.4 is 10.1 Å². The third-order valence-corrected chi connectivity index (χ3v) is 7.70. The fourth-order valence-electron chi connectivity index (χ4n) is 5.78. The lowest BCUT2D eigenvalue weighted by atomic mass is 9.81. The molecule has 36 heavy (non-hydrogen) atoms. The minimum absolute atomic E-state index is 0.0475. The van der Waals surface area contributed by atoms with Gasteiger partial charge in [-0.15, -0.1) is 0 Å². The number of aromatic hydroxyl groups is 1. The lowest BCUT2D eigenvalue weighted by Gasteiger charge is -2.42. The van der Waals surface area contributed by atoms with Crippen LogP contribution in [0.25, 0.3) is 10.9 Å². The van der Waals surface area contributed by atoms with Gasteiger partial charge in [0.05, 0.1) is 7.11 Å². The summed E-state index contributed by atoms with van der Waals surface area (Å²) in [6.07, 6.45) is 3.18. The quantitative estimate of drug-likeness (QED) is 0.344. The molecule has 3 N–H and O–H groups in total. The number of carbonyl (C=O) groups is 2. The maximum absolute atomic E-state index is 15.5. The van der Waals surface area contributed by atoms with Crippen LogP contribution in [0.2, 0.25) is 0 Å². The van der Waals surface area contributed by atoms with Gasteiger partial charge in [0.25, 0.3) is 5.91 Å². The number of ether oxygens (including phenoxy) is 1. The van der Waals surface area contributed by atoms with Crippen molar-refractivity contribution >= 4 is 22.8 Å². The number of halogens is 1. The second-order valence-corrected chi connectivity index (χ2v) is 10.2. The first-order chi connectivity index (χ1) is 17.3. The predicted octanol–water partition coefficient (Wildman–Crippen LogP) is 3.83. The summed E-state index contributed by atoms with van der Waals surface area (Å²) in [4.78, 5) is 33.8. The Morgan fingerprint density at radius 1 is 1.25 bits per heavy atom. The Bertz CT molecular complexity index is 1380. The Hall–Kier alpha value is -3.59. The van der Waals surface area contributed by atoms with Crippen LogP contribution in [0.5, 0.6) is 11.5 Å². The van der Waals surface area contributed by atoms with Gasteiger partial charge in [-0.05, 0) is 68.1 Å². The highest BCUT2D eigenvalue weighted by Crippen LogP contribution is 2.49. The van der Waals surface area contributed by atoms with Gasteiger partial charge in [0, 0.05) is 35.6 Å². The first-order valence-electron chi connectivity index (χ1n) is 12.4. The number of benzene rings is 2. The van der Waals surface area contributed by atoms with E-state index in [1.165, 1.54) is 24.9 Å². The number of rotatable bonds is 7. The zero-order valence-electron chi connectivity index (χ0n) is 20.3. The molecule has 0 bridgehead atoms. The largest absolute Gasteiger partial charge is 0.508 e. The van der Waals surface area contributed by atoms with Crippen LogP contribution in [-0.2, 0) is 11.2 Å². The van der Waals surface area contributed by atoms with Gasteiger partial charge in [0.15, 0.2) is 11.6 Å². The van der Waals surface area contributed by atoms with Crippen molar-refractivity contribution in [2.24, 2.45) is 0 Å². The third kappa shape index (κ3) is 3.37. The number of phenols is 1. The van der Waals surface area contributed by atoms with Crippen LogP contribution in [0.15, 0.2) is 36.4 Å². The average molecular weight is 493 g/mol. The predicted molar refractivity (Wildman–Crippen MR) is 131 cm³/mol. The van der Waals surface area contributed by atoms with Crippen molar-refractivity contribution in [1.29, 1.82) is 0 Å². The number of imide groups is 1. The number of nitrogens with one attached hydrogen (secondary N) is 2. The summed E-state index contributed by atoms with van der Waals surface area (Å²) in [5, 5.41) is 14.0. The summed E-state index contributed by atoms with van der Waals surface area (Å²) >= 11 is 0. The standard InChI is InChI=1S/C27H29FN4O4/c1-27-14-18-21-19(9-10-20(36-2)22(21)28)30-23(18)24(15-5-3-6-17(33)13-15)32(27)26(35)31(25(27)34)12-4-11-29-16-7-8-16/h3,5-6,9-10,13,16,24,29-30,33H,4,7-8,11-12,14H2,1-2H3/t24-,27+/m1/s1. The Morgan fingerprint density at radius 2 is 2.06 bits per heavy atom. The van der Waals surface area contributed by atoms with Crippen molar-refractivity contribution < 1.29 is 23.8 Å². The van der Waals surface area contributed by atoms with Gasteiger partial charge in [-0.3, -0.25) is 14.6 Å². The van der Waals surface area contributed by atoms with Crippen molar-refractivity contribution in [3.8, 4) is 11.5 Å². The lowest BCUT2D eigenvalue weighted by Crippen LogP contribution is -2.53. The number of urea groups is 1. The second kappa shape index (κ2) is 8.23. The molecule has 1 saturated heterocycles. The Balaban J connectivity index is 1.46. The van der Waals surface area contributed by atoms with E-state index < -0.39 is 17.4 Å². The fraction of sp³-hybridized carbons (Fsp3) is 0.407. The SMILES string of the molecule is COc1ccc2[nH]c3c(c2c1F)C[C@@]1(C)C(=O)N(CCCNC2CC2)C(=O)N1[C@@H]3c1cccc(O)c1. The number of nitrogens with zero attached hydrogens (tertiary/aromatic N) is 2. The molecule has 3 aromatic rings. The van der Waals surface area contributed by atoms with Crippen LogP contribution in [0.3, 0.4) is 0 Å². The Labute approximate surface area is 208 Å².